The lowest BCUT2D eigenvalue weighted by molar-refractivity contribution is -0.112. The van der Waals surface area contributed by atoms with Crippen LogP contribution < -0.4 is 5.32 Å². The summed E-state index contributed by atoms with van der Waals surface area (Å²) >= 11 is 5.89. The summed E-state index contributed by atoms with van der Waals surface area (Å²) in [5.74, 6) is -1.83. The zero-order chi connectivity index (χ0) is 21.1. The fraction of sp³-hybridized carbons (Fsp3) is 0.0909. The maximum atomic E-state index is 13.8. The number of para-hydroxylation sites is 1. The third-order valence-electron chi connectivity index (χ3n) is 4.42. The van der Waals surface area contributed by atoms with E-state index in [4.69, 9.17) is 11.6 Å². The van der Waals surface area contributed by atoms with Gasteiger partial charge >= 0.3 is 0 Å². The Kier molecular flexibility index (Phi) is 5.81. The van der Waals surface area contributed by atoms with Gasteiger partial charge in [-0.1, -0.05) is 23.7 Å². The van der Waals surface area contributed by atoms with Crippen molar-refractivity contribution < 1.29 is 13.6 Å². The van der Waals surface area contributed by atoms with E-state index < -0.39 is 17.5 Å². The second-order valence-electron chi connectivity index (χ2n) is 6.36. The first kappa shape index (κ1) is 20.3. The summed E-state index contributed by atoms with van der Waals surface area (Å²) in [5.41, 5.74) is 2.64. The highest BCUT2D eigenvalue weighted by Gasteiger charge is 2.15. The van der Waals surface area contributed by atoms with Crippen molar-refractivity contribution in [3.63, 3.8) is 0 Å². The number of nitriles is 1. The van der Waals surface area contributed by atoms with Crippen LogP contribution in [0.1, 0.15) is 17.0 Å². The molecule has 0 fully saturated rings. The van der Waals surface area contributed by atoms with Gasteiger partial charge in [0.05, 0.1) is 10.7 Å². The van der Waals surface area contributed by atoms with Crippen LogP contribution in [0.5, 0.6) is 0 Å². The van der Waals surface area contributed by atoms with E-state index in [1.165, 1.54) is 36.4 Å². The minimum Gasteiger partial charge on any atom is -0.319 e. The second kappa shape index (κ2) is 8.29. The maximum Gasteiger partial charge on any atom is 0.266 e. The number of carbonyl (C=O) groups excluding carboxylic acids is 1. The lowest BCUT2D eigenvalue weighted by Crippen LogP contribution is -2.14. The van der Waals surface area contributed by atoms with Crippen LogP contribution in [0.2, 0.25) is 5.02 Å². The number of halogens is 3. The fourth-order valence-electron chi connectivity index (χ4n) is 3.01. The summed E-state index contributed by atoms with van der Waals surface area (Å²) in [4.78, 5) is 12.4. The molecule has 0 spiro atoms. The number of rotatable bonds is 4. The van der Waals surface area contributed by atoms with Gasteiger partial charge in [-0.25, -0.2) is 8.78 Å². The number of aryl methyl sites for hydroxylation is 1. The molecule has 7 heteroatoms. The lowest BCUT2D eigenvalue weighted by Gasteiger charge is -2.10. The first-order valence-corrected chi connectivity index (χ1v) is 9.01. The Labute approximate surface area is 171 Å². The maximum absolute atomic E-state index is 13.8. The van der Waals surface area contributed by atoms with E-state index in [1.807, 2.05) is 17.6 Å². The zero-order valence-corrected chi connectivity index (χ0v) is 16.4. The third kappa shape index (κ3) is 4.20. The summed E-state index contributed by atoms with van der Waals surface area (Å²) in [6, 6.07) is 13.7. The van der Waals surface area contributed by atoms with E-state index in [2.05, 4.69) is 5.32 Å². The molecule has 0 saturated heterocycles. The normalized spacial score (nSPS) is 11.2. The Morgan fingerprint density at radius 3 is 2.52 bits per heavy atom. The number of amides is 1. The van der Waals surface area contributed by atoms with Gasteiger partial charge < -0.3 is 9.88 Å². The first-order valence-electron chi connectivity index (χ1n) is 8.64. The number of aromatic nitrogens is 1. The summed E-state index contributed by atoms with van der Waals surface area (Å²) in [6.45, 7) is 3.65. The van der Waals surface area contributed by atoms with Crippen LogP contribution in [-0.2, 0) is 4.79 Å². The van der Waals surface area contributed by atoms with Crippen molar-refractivity contribution >= 4 is 29.3 Å². The molecule has 1 aromatic heterocycles. The molecule has 0 unspecified atom stereocenters. The standard InChI is InChI=1S/C22H16ClF2N3O/c1-13-9-15(14(2)28(13)17-7-8-19(24)18(23)11-17)10-16(12-26)22(29)27-21-6-4-3-5-20(21)25/h3-11H,1-2H3,(H,27,29)/b16-10-. The highest BCUT2D eigenvalue weighted by Crippen LogP contribution is 2.26. The summed E-state index contributed by atoms with van der Waals surface area (Å²) < 4.78 is 29.1. The summed E-state index contributed by atoms with van der Waals surface area (Å²) in [7, 11) is 0. The molecule has 4 nitrogen and oxygen atoms in total. The number of nitrogens with zero attached hydrogens (tertiary/aromatic N) is 2. The van der Waals surface area contributed by atoms with Gasteiger partial charge in [0.15, 0.2) is 0 Å². The van der Waals surface area contributed by atoms with Crippen molar-refractivity contribution in [1.29, 1.82) is 5.26 Å². The first-order chi connectivity index (χ1) is 13.8. The van der Waals surface area contributed by atoms with E-state index >= 15 is 0 Å². The Bertz CT molecular complexity index is 1180. The molecule has 0 bridgehead atoms. The van der Waals surface area contributed by atoms with Crippen molar-refractivity contribution in [2.75, 3.05) is 5.32 Å². The van der Waals surface area contributed by atoms with Gasteiger partial charge in [-0.3, -0.25) is 4.79 Å². The number of hydrogen-bond donors (Lipinski definition) is 1. The molecule has 0 aliphatic rings. The molecule has 1 N–H and O–H groups in total. The Hall–Kier alpha value is -3.43. The number of nitrogens with one attached hydrogen (secondary N) is 1. The molecule has 2 aromatic carbocycles. The van der Waals surface area contributed by atoms with Crippen molar-refractivity contribution in [1.82, 2.24) is 4.57 Å². The molecule has 1 heterocycles. The number of anilines is 1. The monoisotopic (exact) mass is 411 g/mol. The average Bonchev–Trinajstić information content (AvgIpc) is 2.97. The van der Waals surface area contributed by atoms with Crippen LogP contribution in [-0.4, -0.2) is 10.5 Å². The van der Waals surface area contributed by atoms with E-state index in [0.717, 1.165) is 11.4 Å². The van der Waals surface area contributed by atoms with Gasteiger partial charge in [0.1, 0.15) is 23.3 Å². The van der Waals surface area contributed by atoms with Crippen molar-refractivity contribution in [3.05, 3.63) is 87.7 Å². The molecule has 3 rings (SSSR count). The zero-order valence-electron chi connectivity index (χ0n) is 15.6. The van der Waals surface area contributed by atoms with Gasteiger partial charge in [-0.15, -0.1) is 0 Å². The smallest absolute Gasteiger partial charge is 0.266 e. The van der Waals surface area contributed by atoms with E-state index in [-0.39, 0.29) is 16.3 Å². The van der Waals surface area contributed by atoms with E-state index in [0.29, 0.717) is 11.3 Å². The SMILES string of the molecule is Cc1cc(/C=C(/C#N)C(=O)Nc2ccccc2F)c(C)n1-c1ccc(F)c(Cl)c1. The van der Waals surface area contributed by atoms with Gasteiger partial charge in [-0.2, -0.15) is 5.26 Å². The van der Waals surface area contributed by atoms with Gasteiger partial charge in [0.2, 0.25) is 0 Å². The Balaban J connectivity index is 1.96. The van der Waals surface area contributed by atoms with E-state index in [9.17, 15) is 18.8 Å². The Morgan fingerprint density at radius 1 is 1.14 bits per heavy atom. The molecule has 0 aliphatic heterocycles. The predicted molar refractivity (Wildman–Crippen MR) is 109 cm³/mol. The lowest BCUT2D eigenvalue weighted by atomic mass is 10.1. The minimum absolute atomic E-state index is 0.00549. The largest absolute Gasteiger partial charge is 0.319 e. The summed E-state index contributed by atoms with van der Waals surface area (Å²) in [6.07, 6.45) is 1.43. The molecule has 0 radical (unpaired) electrons. The average molecular weight is 412 g/mol. The minimum atomic E-state index is -0.716. The van der Waals surface area contributed by atoms with Crippen LogP contribution in [0.25, 0.3) is 11.8 Å². The van der Waals surface area contributed by atoms with Crippen molar-refractivity contribution in [2.24, 2.45) is 0 Å². The number of carbonyl (C=O) groups is 1. The third-order valence-corrected chi connectivity index (χ3v) is 4.71. The number of hydrogen-bond acceptors (Lipinski definition) is 2. The molecular formula is C22H16ClF2N3O. The second-order valence-corrected chi connectivity index (χ2v) is 6.77. The molecular weight excluding hydrogens is 396 g/mol. The quantitative estimate of drug-likeness (QED) is 0.450. The molecule has 3 aromatic rings. The van der Waals surface area contributed by atoms with Crippen LogP contribution in [0.3, 0.4) is 0 Å². The predicted octanol–water partition coefficient (Wildman–Crippen LogP) is 5.57. The Morgan fingerprint density at radius 2 is 1.86 bits per heavy atom. The van der Waals surface area contributed by atoms with E-state index in [1.54, 1.807) is 25.1 Å². The number of benzene rings is 2. The molecule has 29 heavy (non-hydrogen) atoms. The van der Waals surface area contributed by atoms with Crippen LogP contribution in [0, 0.1) is 36.8 Å². The van der Waals surface area contributed by atoms with Gasteiger partial charge in [0, 0.05) is 17.1 Å². The van der Waals surface area contributed by atoms with Crippen LogP contribution in [0.15, 0.2) is 54.1 Å². The van der Waals surface area contributed by atoms with Crippen molar-refractivity contribution in [2.45, 2.75) is 13.8 Å². The molecule has 0 saturated carbocycles. The molecule has 1 amide bonds. The van der Waals surface area contributed by atoms with Gasteiger partial charge in [0.25, 0.3) is 5.91 Å². The molecule has 0 atom stereocenters. The molecule has 146 valence electrons. The van der Waals surface area contributed by atoms with Gasteiger partial charge in [-0.05, 0) is 61.9 Å². The summed E-state index contributed by atoms with van der Waals surface area (Å²) in [5, 5.41) is 11.8. The van der Waals surface area contributed by atoms with Crippen LogP contribution >= 0.6 is 11.6 Å². The topological polar surface area (TPSA) is 57.8 Å². The highest BCUT2D eigenvalue weighted by molar-refractivity contribution is 6.30. The van der Waals surface area contributed by atoms with Crippen molar-refractivity contribution in [3.8, 4) is 11.8 Å². The van der Waals surface area contributed by atoms with Crippen LogP contribution in [0.4, 0.5) is 14.5 Å². The fourth-order valence-corrected chi connectivity index (χ4v) is 3.19. The molecule has 0 aliphatic carbocycles. The highest BCUT2D eigenvalue weighted by atomic mass is 35.5.